The summed E-state index contributed by atoms with van der Waals surface area (Å²) in [6, 6.07) is 30.1. The van der Waals surface area contributed by atoms with Gasteiger partial charge in [-0.05, 0) is 23.3 Å². The van der Waals surface area contributed by atoms with Gasteiger partial charge in [0.05, 0.1) is 33.3 Å². The lowest BCUT2D eigenvalue weighted by atomic mass is 9.64. The monoisotopic (exact) mass is 429 g/mol. The third-order valence-electron chi connectivity index (χ3n) is 6.99. The van der Waals surface area contributed by atoms with Gasteiger partial charge in [0.25, 0.3) is 0 Å². The number of carbonyl (C=O) groups excluding carboxylic acids is 1. The number of quaternary nitrogens is 1. The van der Waals surface area contributed by atoms with Crippen LogP contribution in [-0.4, -0.2) is 43.7 Å². The van der Waals surface area contributed by atoms with Gasteiger partial charge >= 0.3 is 0 Å². The number of para-hydroxylation sites is 1. The molecule has 1 fully saturated rings. The highest BCUT2D eigenvalue weighted by molar-refractivity contribution is 5.91. The molecule has 2 N–H and O–H groups in total. The summed E-state index contributed by atoms with van der Waals surface area (Å²) in [4.78, 5) is 13.2. The minimum Gasteiger partial charge on any atom is -0.493 e. The standard InChI is InChI=1S/C28H32N2O2/c1-30(19-11-21-32-26-16-9-4-10-17-26)20-18-25(22-30)28(27(29)31,23-12-5-2-6-13-23)24-14-7-3-8-15-24/h2-10,12-17,25H,11,18-22H2,1H3,(H-,29,31)/p+1/t25?,30-/m1/s1. The molecule has 1 aliphatic heterocycles. The number of amides is 1. The van der Waals surface area contributed by atoms with Gasteiger partial charge in [0.15, 0.2) is 0 Å². The number of likely N-dealkylation sites (tertiary alicyclic amines) is 1. The molecule has 0 bridgehead atoms. The Labute approximate surface area is 191 Å². The molecular formula is C28H33N2O2+. The molecule has 0 saturated carbocycles. The normalized spacial score (nSPS) is 20.7. The predicted octanol–water partition coefficient (Wildman–Crippen LogP) is 4.39. The predicted molar refractivity (Wildman–Crippen MR) is 128 cm³/mol. The smallest absolute Gasteiger partial charge is 0.233 e. The van der Waals surface area contributed by atoms with Crippen molar-refractivity contribution in [1.29, 1.82) is 0 Å². The summed E-state index contributed by atoms with van der Waals surface area (Å²) in [5, 5.41) is 0. The molecule has 32 heavy (non-hydrogen) atoms. The minimum atomic E-state index is -0.820. The molecule has 0 aliphatic carbocycles. The van der Waals surface area contributed by atoms with Crippen LogP contribution in [0, 0.1) is 5.92 Å². The number of hydrogen-bond acceptors (Lipinski definition) is 2. The summed E-state index contributed by atoms with van der Waals surface area (Å²) in [7, 11) is 2.30. The summed E-state index contributed by atoms with van der Waals surface area (Å²) in [5.41, 5.74) is 7.38. The van der Waals surface area contributed by atoms with Gasteiger partial charge in [-0.25, -0.2) is 0 Å². The summed E-state index contributed by atoms with van der Waals surface area (Å²) < 4.78 is 6.83. The van der Waals surface area contributed by atoms with E-state index in [0.29, 0.717) is 6.61 Å². The van der Waals surface area contributed by atoms with E-state index in [0.717, 1.165) is 53.8 Å². The number of rotatable bonds is 9. The van der Waals surface area contributed by atoms with E-state index in [2.05, 4.69) is 7.05 Å². The molecule has 0 aromatic heterocycles. The summed E-state index contributed by atoms with van der Waals surface area (Å²) >= 11 is 0. The molecule has 4 heteroatoms. The van der Waals surface area contributed by atoms with Crippen molar-refractivity contribution in [3.8, 4) is 5.75 Å². The second-order valence-electron chi connectivity index (χ2n) is 9.15. The molecule has 1 unspecified atom stereocenters. The highest BCUT2D eigenvalue weighted by Gasteiger charge is 2.53. The fraction of sp³-hybridized carbons (Fsp3) is 0.321. The number of hydrogen-bond donors (Lipinski definition) is 1. The van der Waals surface area contributed by atoms with E-state index in [9.17, 15) is 4.79 Å². The lowest BCUT2D eigenvalue weighted by molar-refractivity contribution is -0.899. The van der Waals surface area contributed by atoms with Crippen molar-refractivity contribution in [2.24, 2.45) is 11.7 Å². The molecule has 1 saturated heterocycles. The van der Waals surface area contributed by atoms with E-state index in [-0.39, 0.29) is 11.8 Å². The molecule has 166 valence electrons. The van der Waals surface area contributed by atoms with Crippen LogP contribution >= 0.6 is 0 Å². The zero-order valence-corrected chi connectivity index (χ0v) is 18.8. The van der Waals surface area contributed by atoms with Crippen LogP contribution in [0.3, 0.4) is 0 Å². The van der Waals surface area contributed by atoms with Gasteiger partial charge in [0.2, 0.25) is 5.91 Å². The highest BCUT2D eigenvalue weighted by Crippen LogP contribution is 2.45. The first-order chi connectivity index (χ1) is 15.5. The van der Waals surface area contributed by atoms with Crippen molar-refractivity contribution in [1.82, 2.24) is 0 Å². The van der Waals surface area contributed by atoms with Crippen LogP contribution < -0.4 is 10.5 Å². The Bertz CT molecular complexity index is 968. The minimum absolute atomic E-state index is 0.143. The van der Waals surface area contributed by atoms with Gasteiger partial charge < -0.3 is 15.0 Å². The Morgan fingerprint density at radius 2 is 1.47 bits per heavy atom. The Balaban J connectivity index is 1.54. The van der Waals surface area contributed by atoms with Gasteiger partial charge in [-0.3, -0.25) is 4.79 Å². The van der Waals surface area contributed by atoms with Crippen LogP contribution in [0.25, 0.3) is 0 Å². The number of nitrogens with two attached hydrogens (primary N) is 1. The molecule has 3 aromatic carbocycles. The van der Waals surface area contributed by atoms with Crippen LogP contribution in [0.2, 0.25) is 0 Å². The van der Waals surface area contributed by atoms with Gasteiger partial charge in [-0.1, -0.05) is 78.9 Å². The third kappa shape index (κ3) is 4.42. The average molecular weight is 430 g/mol. The van der Waals surface area contributed by atoms with Crippen LogP contribution in [0.5, 0.6) is 5.75 Å². The van der Waals surface area contributed by atoms with Crippen molar-refractivity contribution in [2.45, 2.75) is 18.3 Å². The largest absolute Gasteiger partial charge is 0.493 e. The van der Waals surface area contributed by atoms with E-state index < -0.39 is 5.41 Å². The maximum Gasteiger partial charge on any atom is 0.233 e. The first kappa shape index (κ1) is 22.1. The molecular weight excluding hydrogens is 396 g/mol. The molecule has 4 nitrogen and oxygen atoms in total. The maximum atomic E-state index is 13.2. The topological polar surface area (TPSA) is 52.3 Å². The summed E-state index contributed by atoms with van der Waals surface area (Å²) in [5.74, 6) is 0.793. The van der Waals surface area contributed by atoms with E-state index in [1.165, 1.54) is 0 Å². The van der Waals surface area contributed by atoms with Crippen molar-refractivity contribution < 1.29 is 14.0 Å². The number of benzene rings is 3. The maximum absolute atomic E-state index is 13.2. The number of nitrogens with zero attached hydrogens (tertiary/aromatic N) is 1. The van der Waals surface area contributed by atoms with Crippen molar-refractivity contribution >= 4 is 5.91 Å². The van der Waals surface area contributed by atoms with Crippen molar-refractivity contribution in [2.75, 3.05) is 33.3 Å². The molecule has 4 rings (SSSR count). The second kappa shape index (κ2) is 9.58. The van der Waals surface area contributed by atoms with Crippen LogP contribution in [0.4, 0.5) is 0 Å². The van der Waals surface area contributed by atoms with Gasteiger partial charge in [0.1, 0.15) is 11.2 Å². The van der Waals surface area contributed by atoms with Gasteiger partial charge in [-0.2, -0.15) is 0 Å². The van der Waals surface area contributed by atoms with Crippen LogP contribution in [0.15, 0.2) is 91.0 Å². The first-order valence-electron chi connectivity index (χ1n) is 11.5. The molecule has 3 aromatic rings. The fourth-order valence-electron chi connectivity index (χ4n) is 5.42. The quantitative estimate of drug-likeness (QED) is 0.405. The second-order valence-corrected chi connectivity index (χ2v) is 9.15. The Morgan fingerprint density at radius 1 is 0.938 bits per heavy atom. The molecule has 1 aliphatic rings. The van der Waals surface area contributed by atoms with Crippen LogP contribution in [0.1, 0.15) is 24.0 Å². The summed E-state index contributed by atoms with van der Waals surface area (Å²) in [6.07, 6.45) is 1.93. The number of primary amides is 1. The first-order valence-corrected chi connectivity index (χ1v) is 11.5. The number of ether oxygens (including phenoxy) is 1. The summed E-state index contributed by atoms with van der Waals surface area (Å²) in [6.45, 7) is 3.66. The van der Waals surface area contributed by atoms with E-state index in [1.54, 1.807) is 0 Å². The molecule has 2 atom stereocenters. The zero-order valence-electron chi connectivity index (χ0n) is 18.8. The Morgan fingerprint density at radius 3 is 2.00 bits per heavy atom. The van der Waals surface area contributed by atoms with Gasteiger partial charge in [0, 0.05) is 18.8 Å². The molecule has 0 spiro atoms. The Kier molecular flexibility index (Phi) is 6.61. The van der Waals surface area contributed by atoms with Crippen molar-refractivity contribution in [3.05, 3.63) is 102 Å². The highest BCUT2D eigenvalue weighted by atomic mass is 16.5. The van der Waals surface area contributed by atoms with E-state index in [4.69, 9.17) is 10.5 Å². The van der Waals surface area contributed by atoms with E-state index in [1.807, 2.05) is 91.0 Å². The van der Waals surface area contributed by atoms with Crippen molar-refractivity contribution in [3.63, 3.8) is 0 Å². The Hall–Kier alpha value is -3.11. The van der Waals surface area contributed by atoms with Gasteiger partial charge in [-0.15, -0.1) is 0 Å². The molecule has 0 radical (unpaired) electrons. The molecule has 1 amide bonds. The lowest BCUT2D eigenvalue weighted by Gasteiger charge is -2.38. The van der Waals surface area contributed by atoms with Crippen LogP contribution in [-0.2, 0) is 10.2 Å². The lowest BCUT2D eigenvalue weighted by Crippen LogP contribution is -2.51. The zero-order chi connectivity index (χ0) is 22.4. The third-order valence-corrected chi connectivity index (χ3v) is 6.99. The van der Waals surface area contributed by atoms with E-state index >= 15 is 0 Å². The number of carbonyl (C=O) groups is 1. The molecule has 1 heterocycles. The SMILES string of the molecule is C[N@@+]1(CCCOc2ccccc2)CCC(C(C(N)=O)(c2ccccc2)c2ccccc2)C1. The fourth-order valence-corrected chi connectivity index (χ4v) is 5.42. The average Bonchev–Trinajstić information content (AvgIpc) is 3.21.